The Morgan fingerprint density at radius 1 is 0.867 bits per heavy atom. The van der Waals surface area contributed by atoms with E-state index in [0.29, 0.717) is 5.56 Å². The highest BCUT2D eigenvalue weighted by Gasteiger charge is 2.57. The van der Waals surface area contributed by atoms with Crippen LogP contribution < -0.4 is 0 Å². The number of hydrogen-bond donors (Lipinski definition) is 1. The first-order valence-electron chi connectivity index (χ1n) is 10.0. The molecular weight excluding hydrogens is 380 g/mol. The highest BCUT2D eigenvalue weighted by molar-refractivity contribution is 5.74. The van der Waals surface area contributed by atoms with Gasteiger partial charge in [0.1, 0.15) is 5.92 Å². The quantitative estimate of drug-likeness (QED) is 0.507. The summed E-state index contributed by atoms with van der Waals surface area (Å²) >= 11 is 0. The Kier molecular flexibility index (Phi) is 5.68. The molecule has 1 aliphatic rings. The minimum absolute atomic E-state index is 0.144. The highest BCUT2D eigenvalue weighted by Crippen LogP contribution is 2.50. The second kappa shape index (κ2) is 8.40. The van der Waals surface area contributed by atoms with Crippen molar-refractivity contribution >= 4 is 5.97 Å². The molecule has 1 aliphatic heterocycles. The third-order valence-corrected chi connectivity index (χ3v) is 5.51. The molecule has 1 N–H and O–H groups in total. The van der Waals surface area contributed by atoms with Gasteiger partial charge in [-0.3, -0.25) is 4.79 Å². The lowest BCUT2D eigenvalue weighted by Crippen LogP contribution is -2.53. The molecule has 0 aromatic heterocycles. The Morgan fingerprint density at radius 2 is 1.33 bits per heavy atom. The van der Waals surface area contributed by atoms with E-state index in [1.54, 1.807) is 31.2 Å². The summed E-state index contributed by atoms with van der Waals surface area (Å²) in [4.78, 5) is 24.7. The van der Waals surface area contributed by atoms with Gasteiger partial charge in [-0.25, -0.2) is 4.89 Å². The smallest absolute Gasteiger partial charge is 0.315 e. The van der Waals surface area contributed by atoms with Crippen molar-refractivity contribution in [3.8, 4) is 0 Å². The van der Waals surface area contributed by atoms with E-state index in [-0.39, 0.29) is 13.0 Å². The van der Waals surface area contributed by atoms with Gasteiger partial charge in [-0.15, -0.1) is 0 Å². The number of rotatable bonds is 5. The Bertz CT molecular complexity index is 935. The summed E-state index contributed by atoms with van der Waals surface area (Å²) in [5.74, 6) is -3.52. The van der Waals surface area contributed by atoms with Crippen LogP contribution in [-0.4, -0.2) is 17.7 Å². The largest absolute Gasteiger partial charge is 0.466 e. The van der Waals surface area contributed by atoms with E-state index >= 15 is 0 Å². The molecule has 0 bridgehead atoms. The molecule has 0 spiro atoms. The Morgan fingerprint density at radius 3 is 1.80 bits per heavy atom. The zero-order valence-electron chi connectivity index (χ0n) is 16.7. The molecule has 30 heavy (non-hydrogen) atoms. The van der Waals surface area contributed by atoms with Crippen LogP contribution >= 0.6 is 0 Å². The van der Waals surface area contributed by atoms with Gasteiger partial charge < -0.3 is 9.84 Å². The monoisotopic (exact) mass is 404 g/mol. The summed E-state index contributed by atoms with van der Waals surface area (Å²) in [6, 6.07) is 27.9. The predicted octanol–water partition coefficient (Wildman–Crippen LogP) is 4.31. The number of hydrogen-bond acceptors (Lipinski definition) is 5. The fourth-order valence-electron chi connectivity index (χ4n) is 3.98. The van der Waals surface area contributed by atoms with E-state index in [2.05, 4.69) is 0 Å². The lowest BCUT2D eigenvalue weighted by Gasteiger charge is -2.46. The van der Waals surface area contributed by atoms with Gasteiger partial charge in [0, 0.05) is 12.0 Å². The number of ether oxygens (including phenoxy) is 1. The maximum Gasteiger partial charge on any atom is 0.315 e. The van der Waals surface area contributed by atoms with Crippen LogP contribution in [0.25, 0.3) is 0 Å². The van der Waals surface area contributed by atoms with Crippen molar-refractivity contribution in [2.45, 2.75) is 24.7 Å². The number of aliphatic hydroxyl groups is 1. The molecule has 2 atom stereocenters. The molecule has 0 aliphatic carbocycles. The van der Waals surface area contributed by atoms with Gasteiger partial charge in [0.15, 0.2) is 5.60 Å². The van der Waals surface area contributed by atoms with Gasteiger partial charge in [-0.05, 0) is 18.1 Å². The molecule has 0 saturated carbocycles. The summed E-state index contributed by atoms with van der Waals surface area (Å²) in [5.41, 5.74) is 0.986. The normalized spacial score (nSPS) is 22.9. The predicted molar refractivity (Wildman–Crippen MR) is 111 cm³/mol. The van der Waals surface area contributed by atoms with Gasteiger partial charge >= 0.3 is 5.97 Å². The molecule has 1 heterocycles. The second-order valence-electron chi connectivity index (χ2n) is 7.30. The van der Waals surface area contributed by atoms with Crippen molar-refractivity contribution in [3.63, 3.8) is 0 Å². The first-order valence-corrected chi connectivity index (χ1v) is 10.0. The third kappa shape index (κ3) is 3.52. The zero-order chi connectivity index (χ0) is 21.0. The van der Waals surface area contributed by atoms with Crippen molar-refractivity contribution in [2.24, 2.45) is 5.92 Å². The summed E-state index contributed by atoms with van der Waals surface area (Å²) in [5, 5.41) is 11.5. The van der Waals surface area contributed by atoms with Gasteiger partial charge in [0.2, 0.25) is 5.79 Å². The average molecular weight is 404 g/mol. The maximum absolute atomic E-state index is 13.0. The third-order valence-electron chi connectivity index (χ3n) is 5.51. The summed E-state index contributed by atoms with van der Waals surface area (Å²) in [6.45, 7) is 1.94. The molecule has 154 valence electrons. The molecule has 0 radical (unpaired) electrons. The molecule has 0 amide bonds. The topological polar surface area (TPSA) is 65.0 Å². The van der Waals surface area contributed by atoms with Crippen LogP contribution in [0.1, 0.15) is 30.0 Å². The SMILES string of the molecule is CCOC(=O)[C@H]1CC(c2ccccc2)(c2ccccc2)OO[C@]1(O)c1ccccc1. The minimum atomic E-state index is -1.97. The van der Waals surface area contributed by atoms with Gasteiger partial charge in [-0.1, -0.05) is 91.0 Å². The maximum atomic E-state index is 13.0. The van der Waals surface area contributed by atoms with Crippen molar-refractivity contribution in [1.82, 2.24) is 0 Å². The van der Waals surface area contributed by atoms with Crippen LogP contribution in [0.3, 0.4) is 0 Å². The Labute approximate surface area is 175 Å². The first kappa shape index (κ1) is 20.3. The van der Waals surface area contributed by atoms with Crippen LogP contribution in [0, 0.1) is 5.92 Å². The second-order valence-corrected chi connectivity index (χ2v) is 7.30. The number of carbonyl (C=O) groups excluding carboxylic acids is 1. The lowest BCUT2D eigenvalue weighted by molar-refractivity contribution is -0.502. The van der Waals surface area contributed by atoms with E-state index in [4.69, 9.17) is 14.5 Å². The van der Waals surface area contributed by atoms with Gasteiger partial charge in [0.05, 0.1) is 6.61 Å². The van der Waals surface area contributed by atoms with Crippen LogP contribution in [-0.2, 0) is 30.7 Å². The molecule has 3 aromatic carbocycles. The molecule has 5 nitrogen and oxygen atoms in total. The Balaban J connectivity index is 1.84. The van der Waals surface area contributed by atoms with E-state index < -0.39 is 23.3 Å². The average Bonchev–Trinajstić information content (AvgIpc) is 2.81. The lowest BCUT2D eigenvalue weighted by atomic mass is 9.74. The van der Waals surface area contributed by atoms with Crippen LogP contribution in [0.15, 0.2) is 91.0 Å². The van der Waals surface area contributed by atoms with Crippen LogP contribution in [0.4, 0.5) is 0 Å². The number of esters is 1. The summed E-state index contributed by atoms with van der Waals surface area (Å²) in [7, 11) is 0. The Hall–Kier alpha value is -2.99. The van der Waals surface area contributed by atoms with Crippen LogP contribution in [0.2, 0.25) is 0 Å². The fraction of sp³-hybridized carbons (Fsp3) is 0.240. The van der Waals surface area contributed by atoms with E-state index in [9.17, 15) is 9.90 Å². The van der Waals surface area contributed by atoms with Crippen LogP contribution in [0.5, 0.6) is 0 Å². The van der Waals surface area contributed by atoms with Crippen molar-refractivity contribution < 1.29 is 24.4 Å². The fourth-order valence-corrected chi connectivity index (χ4v) is 3.98. The molecule has 4 rings (SSSR count). The van der Waals surface area contributed by atoms with Gasteiger partial charge in [0.25, 0.3) is 0 Å². The van der Waals surface area contributed by atoms with Gasteiger partial charge in [-0.2, -0.15) is 4.89 Å². The standard InChI is InChI=1S/C25H24O5/c1-2-28-23(26)22-18-24(19-12-6-3-7-13-19,20-14-8-4-9-15-20)29-30-25(22,27)21-16-10-5-11-17-21/h3-17,22,27H,2,18H2,1H3/t22-,25-/m1/s1. The molecule has 5 heteroatoms. The molecule has 1 saturated heterocycles. The molecule has 0 unspecified atom stereocenters. The molecule has 1 fully saturated rings. The minimum Gasteiger partial charge on any atom is -0.466 e. The zero-order valence-corrected chi connectivity index (χ0v) is 16.7. The summed E-state index contributed by atoms with van der Waals surface area (Å²) < 4.78 is 5.33. The van der Waals surface area contributed by atoms with Crippen molar-refractivity contribution in [1.29, 1.82) is 0 Å². The number of benzene rings is 3. The number of carbonyl (C=O) groups is 1. The highest BCUT2D eigenvalue weighted by atomic mass is 17.2. The van der Waals surface area contributed by atoms with E-state index in [0.717, 1.165) is 11.1 Å². The molecule has 3 aromatic rings. The van der Waals surface area contributed by atoms with E-state index in [1.165, 1.54) is 0 Å². The van der Waals surface area contributed by atoms with Crippen molar-refractivity contribution in [3.05, 3.63) is 108 Å². The first-order chi connectivity index (χ1) is 14.6. The summed E-state index contributed by atoms with van der Waals surface area (Å²) in [6.07, 6.45) is 0.144. The molecular formula is C25H24O5. The van der Waals surface area contributed by atoms with Crippen molar-refractivity contribution in [2.75, 3.05) is 6.61 Å². The van der Waals surface area contributed by atoms with E-state index in [1.807, 2.05) is 66.7 Å².